The molecule has 1 N–H and O–H groups in total. The van der Waals surface area contributed by atoms with E-state index < -0.39 is 6.04 Å². The second-order valence-electron chi connectivity index (χ2n) is 4.46. The molecule has 2 aromatic carbocycles. The highest BCUT2D eigenvalue weighted by atomic mass is 35.5. The lowest BCUT2D eigenvalue weighted by molar-refractivity contribution is -0.141. The number of ether oxygens (including phenoxy) is 1. The van der Waals surface area contributed by atoms with Gasteiger partial charge < -0.3 is 10.1 Å². The van der Waals surface area contributed by atoms with Gasteiger partial charge in [0.2, 0.25) is 0 Å². The third kappa shape index (κ3) is 3.31. The molecule has 3 nitrogen and oxygen atoms in total. The molecule has 0 aliphatic carbocycles. The van der Waals surface area contributed by atoms with Crippen LogP contribution in [0, 0.1) is 6.92 Å². The number of carbonyl (C=O) groups excluding carboxylic acids is 1. The van der Waals surface area contributed by atoms with E-state index in [0.717, 1.165) is 16.8 Å². The molecule has 0 amide bonds. The van der Waals surface area contributed by atoms with E-state index >= 15 is 0 Å². The van der Waals surface area contributed by atoms with Crippen molar-refractivity contribution in [2.24, 2.45) is 0 Å². The minimum Gasteiger partial charge on any atom is -0.467 e. The highest BCUT2D eigenvalue weighted by Crippen LogP contribution is 2.24. The van der Waals surface area contributed by atoms with Crippen LogP contribution in [-0.2, 0) is 9.53 Å². The second kappa shape index (κ2) is 6.44. The van der Waals surface area contributed by atoms with Gasteiger partial charge in [0, 0.05) is 10.7 Å². The van der Waals surface area contributed by atoms with Crippen molar-refractivity contribution in [2.75, 3.05) is 12.4 Å². The normalized spacial score (nSPS) is 11.8. The molecule has 1 unspecified atom stereocenters. The maximum Gasteiger partial charge on any atom is 0.332 e. The molecule has 0 fully saturated rings. The fourth-order valence-corrected chi connectivity index (χ4v) is 2.13. The third-order valence-corrected chi connectivity index (χ3v) is 3.34. The van der Waals surface area contributed by atoms with Gasteiger partial charge in [-0.15, -0.1) is 0 Å². The first kappa shape index (κ1) is 14.4. The van der Waals surface area contributed by atoms with Gasteiger partial charge in [-0.1, -0.05) is 35.9 Å². The zero-order chi connectivity index (χ0) is 14.5. The second-order valence-corrected chi connectivity index (χ2v) is 4.90. The van der Waals surface area contributed by atoms with Crippen LogP contribution in [0.4, 0.5) is 5.69 Å². The Morgan fingerprint density at radius 1 is 1.15 bits per heavy atom. The Hall–Kier alpha value is -2.00. The Morgan fingerprint density at radius 3 is 2.40 bits per heavy atom. The highest BCUT2D eigenvalue weighted by molar-refractivity contribution is 6.30. The standard InChI is InChI=1S/C16H16ClNO2/c1-11-5-3-4-6-14(11)15(16(19)20-2)18-13-9-7-12(17)8-10-13/h3-10,15,18H,1-2H3. The van der Waals surface area contributed by atoms with Gasteiger partial charge in [-0.3, -0.25) is 0 Å². The predicted molar refractivity (Wildman–Crippen MR) is 81.0 cm³/mol. The molecule has 0 aliphatic rings. The van der Waals surface area contributed by atoms with Crippen molar-refractivity contribution in [1.29, 1.82) is 0 Å². The number of anilines is 1. The molecule has 0 aliphatic heterocycles. The summed E-state index contributed by atoms with van der Waals surface area (Å²) in [5.41, 5.74) is 2.74. The number of rotatable bonds is 4. The minimum atomic E-state index is -0.539. The number of hydrogen-bond donors (Lipinski definition) is 1. The molecule has 0 radical (unpaired) electrons. The Kier molecular flexibility index (Phi) is 4.64. The summed E-state index contributed by atoms with van der Waals surface area (Å²) in [6, 6.07) is 14.4. The number of esters is 1. The van der Waals surface area contributed by atoms with Crippen LogP contribution in [0.2, 0.25) is 5.02 Å². The van der Waals surface area contributed by atoms with Crippen LogP contribution < -0.4 is 5.32 Å². The molecule has 104 valence electrons. The van der Waals surface area contributed by atoms with Crippen molar-refractivity contribution in [3.05, 3.63) is 64.7 Å². The molecule has 2 rings (SSSR count). The minimum absolute atomic E-state index is 0.325. The van der Waals surface area contributed by atoms with Crippen LogP contribution in [0.3, 0.4) is 0 Å². The van der Waals surface area contributed by atoms with E-state index in [1.165, 1.54) is 7.11 Å². The fraction of sp³-hybridized carbons (Fsp3) is 0.188. The molecule has 1 atom stereocenters. The molecular formula is C16H16ClNO2. The van der Waals surface area contributed by atoms with E-state index in [-0.39, 0.29) is 5.97 Å². The van der Waals surface area contributed by atoms with Gasteiger partial charge in [-0.05, 0) is 42.3 Å². The van der Waals surface area contributed by atoms with Crippen LogP contribution in [-0.4, -0.2) is 13.1 Å². The van der Waals surface area contributed by atoms with Crippen molar-refractivity contribution in [1.82, 2.24) is 0 Å². The maximum atomic E-state index is 12.0. The van der Waals surface area contributed by atoms with E-state index in [1.54, 1.807) is 12.1 Å². The monoisotopic (exact) mass is 289 g/mol. The van der Waals surface area contributed by atoms with Gasteiger partial charge in [0.05, 0.1) is 7.11 Å². The molecule has 0 heterocycles. The molecule has 20 heavy (non-hydrogen) atoms. The zero-order valence-electron chi connectivity index (χ0n) is 11.4. The van der Waals surface area contributed by atoms with E-state index in [9.17, 15) is 4.79 Å². The van der Waals surface area contributed by atoms with Crippen molar-refractivity contribution in [3.63, 3.8) is 0 Å². The lowest BCUT2D eigenvalue weighted by Crippen LogP contribution is -2.23. The molecule has 0 saturated heterocycles. The fourth-order valence-electron chi connectivity index (χ4n) is 2.00. The van der Waals surface area contributed by atoms with Crippen LogP contribution in [0.15, 0.2) is 48.5 Å². The Morgan fingerprint density at radius 2 is 1.80 bits per heavy atom. The number of aryl methyl sites for hydroxylation is 1. The van der Waals surface area contributed by atoms with Crippen LogP contribution in [0.25, 0.3) is 0 Å². The first-order valence-electron chi connectivity index (χ1n) is 6.27. The summed E-state index contributed by atoms with van der Waals surface area (Å²) in [6.45, 7) is 1.97. The average molecular weight is 290 g/mol. The predicted octanol–water partition coefficient (Wildman–Crippen LogP) is 3.97. The van der Waals surface area contributed by atoms with Crippen molar-refractivity contribution < 1.29 is 9.53 Å². The van der Waals surface area contributed by atoms with Crippen molar-refractivity contribution >= 4 is 23.3 Å². The first-order chi connectivity index (χ1) is 9.61. The largest absolute Gasteiger partial charge is 0.467 e. The maximum absolute atomic E-state index is 12.0. The number of carbonyl (C=O) groups is 1. The van der Waals surface area contributed by atoms with E-state index in [0.29, 0.717) is 5.02 Å². The molecule has 0 bridgehead atoms. The summed E-state index contributed by atoms with van der Waals surface area (Å²) in [5.74, 6) is -0.325. The lowest BCUT2D eigenvalue weighted by Gasteiger charge is -2.19. The van der Waals surface area contributed by atoms with Gasteiger partial charge in [-0.25, -0.2) is 4.79 Å². The molecule has 0 saturated carbocycles. The van der Waals surface area contributed by atoms with Gasteiger partial charge in [0.25, 0.3) is 0 Å². The van der Waals surface area contributed by atoms with Gasteiger partial charge >= 0.3 is 5.97 Å². The number of hydrogen-bond acceptors (Lipinski definition) is 3. The molecule has 4 heteroatoms. The number of benzene rings is 2. The Labute approximate surface area is 123 Å². The first-order valence-corrected chi connectivity index (χ1v) is 6.65. The van der Waals surface area contributed by atoms with E-state index in [4.69, 9.17) is 16.3 Å². The summed E-state index contributed by atoms with van der Waals surface area (Å²) in [4.78, 5) is 12.0. The smallest absolute Gasteiger partial charge is 0.332 e. The van der Waals surface area contributed by atoms with E-state index in [1.807, 2.05) is 43.3 Å². The summed E-state index contributed by atoms with van der Waals surface area (Å²) in [5, 5.41) is 3.83. The molecule has 0 spiro atoms. The van der Waals surface area contributed by atoms with Gasteiger partial charge in [0.15, 0.2) is 6.04 Å². The number of halogens is 1. The Balaban J connectivity index is 2.31. The van der Waals surface area contributed by atoms with Crippen LogP contribution in [0.1, 0.15) is 17.2 Å². The summed E-state index contributed by atoms with van der Waals surface area (Å²) in [7, 11) is 1.39. The summed E-state index contributed by atoms with van der Waals surface area (Å²) in [6.07, 6.45) is 0. The highest BCUT2D eigenvalue weighted by Gasteiger charge is 2.22. The number of nitrogens with one attached hydrogen (secondary N) is 1. The molecule has 2 aromatic rings. The zero-order valence-corrected chi connectivity index (χ0v) is 12.1. The average Bonchev–Trinajstić information content (AvgIpc) is 2.47. The quantitative estimate of drug-likeness (QED) is 0.866. The number of methoxy groups -OCH3 is 1. The SMILES string of the molecule is COC(=O)C(Nc1ccc(Cl)cc1)c1ccccc1C. The molecular weight excluding hydrogens is 274 g/mol. The van der Waals surface area contributed by atoms with E-state index in [2.05, 4.69) is 5.32 Å². The lowest BCUT2D eigenvalue weighted by atomic mass is 10.0. The van der Waals surface area contributed by atoms with Crippen LogP contribution in [0.5, 0.6) is 0 Å². The topological polar surface area (TPSA) is 38.3 Å². The third-order valence-electron chi connectivity index (χ3n) is 3.09. The van der Waals surface area contributed by atoms with Crippen LogP contribution >= 0.6 is 11.6 Å². The molecule has 0 aromatic heterocycles. The van der Waals surface area contributed by atoms with Gasteiger partial charge in [-0.2, -0.15) is 0 Å². The Bertz CT molecular complexity index is 596. The van der Waals surface area contributed by atoms with Gasteiger partial charge in [0.1, 0.15) is 0 Å². The van der Waals surface area contributed by atoms with Crippen molar-refractivity contribution in [3.8, 4) is 0 Å². The van der Waals surface area contributed by atoms with Crippen molar-refractivity contribution in [2.45, 2.75) is 13.0 Å². The summed E-state index contributed by atoms with van der Waals surface area (Å²) < 4.78 is 4.89. The summed E-state index contributed by atoms with van der Waals surface area (Å²) >= 11 is 5.86.